The Labute approximate surface area is 216 Å². The molecule has 0 unspecified atom stereocenters. The summed E-state index contributed by atoms with van der Waals surface area (Å²) < 4.78 is 37.4. The second kappa shape index (κ2) is 10.9. The van der Waals surface area contributed by atoms with Gasteiger partial charge in [0.25, 0.3) is 11.4 Å². The highest BCUT2D eigenvalue weighted by Crippen LogP contribution is 2.31. The number of para-hydroxylation sites is 1. The van der Waals surface area contributed by atoms with E-state index in [4.69, 9.17) is 9.47 Å². The van der Waals surface area contributed by atoms with E-state index in [1.807, 2.05) is 0 Å². The van der Waals surface area contributed by atoms with E-state index in [0.717, 1.165) is 12.1 Å². The van der Waals surface area contributed by atoms with E-state index in [2.05, 4.69) is 0 Å². The van der Waals surface area contributed by atoms with E-state index >= 15 is 0 Å². The maximum Gasteiger partial charge on any atom is 0.339 e. The van der Waals surface area contributed by atoms with Crippen molar-refractivity contribution in [2.24, 2.45) is 0 Å². The Morgan fingerprint density at radius 1 is 0.711 bits per heavy atom. The molecule has 12 heteroatoms. The third-order valence-electron chi connectivity index (χ3n) is 5.32. The number of sulfone groups is 1. The number of nitrogens with zero attached hydrogens (tertiary/aromatic N) is 2. The molecule has 0 spiro atoms. The van der Waals surface area contributed by atoms with Gasteiger partial charge in [-0.2, -0.15) is 0 Å². The largest absolute Gasteiger partial charge is 0.457 e. The normalized spacial score (nSPS) is 10.9. The highest BCUT2D eigenvalue weighted by atomic mass is 32.2. The van der Waals surface area contributed by atoms with Crippen LogP contribution in [0.5, 0.6) is 11.5 Å². The quantitative estimate of drug-likeness (QED) is 0.154. The fourth-order valence-corrected chi connectivity index (χ4v) is 5.09. The molecule has 0 fully saturated rings. The second-order valence-corrected chi connectivity index (χ2v) is 9.68. The van der Waals surface area contributed by atoms with Gasteiger partial charge >= 0.3 is 5.97 Å². The molecular weight excluding hydrogens is 516 g/mol. The van der Waals surface area contributed by atoms with E-state index < -0.39 is 41.1 Å². The van der Waals surface area contributed by atoms with Crippen LogP contribution in [0.2, 0.25) is 0 Å². The van der Waals surface area contributed by atoms with Crippen molar-refractivity contribution in [3.05, 3.63) is 128 Å². The summed E-state index contributed by atoms with van der Waals surface area (Å²) in [5.74, 6) is -0.0879. The fraction of sp³-hybridized carbons (Fsp3) is 0.0385. The summed E-state index contributed by atoms with van der Waals surface area (Å²) >= 11 is 0. The molecular formula is C26H18N2O9S. The number of rotatable bonds is 9. The Hall–Kier alpha value is -5.10. The molecule has 4 aromatic rings. The fourth-order valence-electron chi connectivity index (χ4n) is 3.48. The predicted octanol–water partition coefficient (Wildman–Crippen LogP) is 5.49. The standard InChI is InChI=1S/C26H18N2O9S/c29-26(22-5-1-3-7-24(22)38(34,35)25-8-4-2-6-23(25)28(32)33)36-17-18-9-13-20(14-10-18)37-21-15-11-19(12-16-21)27(30)31/h1-16H,17H2. The Kier molecular flexibility index (Phi) is 7.44. The molecule has 0 amide bonds. The minimum Gasteiger partial charge on any atom is -0.457 e. The first-order valence-corrected chi connectivity index (χ1v) is 12.4. The SMILES string of the molecule is O=C(OCc1ccc(Oc2ccc([N+](=O)[O-])cc2)cc1)c1ccccc1S(=O)(=O)c1ccccc1[N+](=O)[O-]. The van der Waals surface area contributed by atoms with Crippen LogP contribution in [-0.2, 0) is 21.2 Å². The molecule has 0 atom stereocenters. The first kappa shape index (κ1) is 26.0. The minimum atomic E-state index is -4.41. The molecule has 0 saturated heterocycles. The lowest BCUT2D eigenvalue weighted by Crippen LogP contribution is -2.13. The van der Waals surface area contributed by atoms with Crippen LogP contribution in [0.3, 0.4) is 0 Å². The number of nitro benzene ring substituents is 2. The number of non-ortho nitro benzene ring substituents is 1. The van der Waals surface area contributed by atoms with Crippen molar-refractivity contribution in [3.8, 4) is 11.5 Å². The number of esters is 1. The number of nitro groups is 2. The molecule has 192 valence electrons. The average Bonchev–Trinajstić information content (AvgIpc) is 2.92. The molecule has 0 aliphatic carbocycles. The van der Waals surface area contributed by atoms with Gasteiger partial charge in [0.2, 0.25) is 9.84 Å². The van der Waals surface area contributed by atoms with Crippen LogP contribution in [0.4, 0.5) is 11.4 Å². The Balaban J connectivity index is 1.47. The lowest BCUT2D eigenvalue weighted by molar-refractivity contribution is -0.387. The van der Waals surface area contributed by atoms with Crippen molar-refractivity contribution >= 4 is 27.2 Å². The third kappa shape index (κ3) is 5.65. The number of hydrogen-bond donors (Lipinski definition) is 0. The van der Waals surface area contributed by atoms with Gasteiger partial charge in [0.05, 0.1) is 20.3 Å². The summed E-state index contributed by atoms with van der Waals surface area (Å²) in [5, 5.41) is 22.1. The van der Waals surface area contributed by atoms with E-state index in [1.165, 1.54) is 60.7 Å². The van der Waals surface area contributed by atoms with Crippen molar-refractivity contribution < 1.29 is 32.5 Å². The van der Waals surface area contributed by atoms with E-state index in [0.29, 0.717) is 17.1 Å². The zero-order valence-electron chi connectivity index (χ0n) is 19.4. The van der Waals surface area contributed by atoms with Crippen molar-refractivity contribution in [1.82, 2.24) is 0 Å². The van der Waals surface area contributed by atoms with E-state index in [-0.39, 0.29) is 17.9 Å². The van der Waals surface area contributed by atoms with Crippen LogP contribution >= 0.6 is 0 Å². The summed E-state index contributed by atoms with van der Waals surface area (Å²) in [5.41, 5.74) is -0.352. The molecule has 0 radical (unpaired) electrons. The molecule has 0 saturated carbocycles. The second-order valence-electron chi connectivity index (χ2n) is 7.80. The van der Waals surface area contributed by atoms with Crippen LogP contribution < -0.4 is 4.74 Å². The van der Waals surface area contributed by atoms with Gasteiger partial charge in [0.15, 0.2) is 0 Å². The van der Waals surface area contributed by atoms with Crippen LogP contribution in [0, 0.1) is 20.2 Å². The number of carbonyl (C=O) groups excluding carboxylic acids is 1. The lowest BCUT2D eigenvalue weighted by atomic mass is 10.2. The molecule has 4 rings (SSSR count). The molecule has 0 N–H and O–H groups in total. The van der Waals surface area contributed by atoms with Crippen molar-refractivity contribution in [1.29, 1.82) is 0 Å². The summed E-state index contributed by atoms with van der Waals surface area (Å²) in [7, 11) is -4.41. The van der Waals surface area contributed by atoms with Gasteiger partial charge in [-0.3, -0.25) is 20.2 Å². The van der Waals surface area contributed by atoms with Crippen LogP contribution in [0.1, 0.15) is 15.9 Å². The molecule has 0 bridgehead atoms. The predicted molar refractivity (Wildman–Crippen MR) is 134 cm³/mol. The first-order chi connectivity index (χ1) is 18.2. The number of ether oxygens (including phenoxy) is 2. The van der Waals surface area contributed by atoms with Gasteiger partial charge in [-0.1, -0.05) is 36.4 Å². The van der Waals surface area contributed by atoms with Gasteiger partial charge < -0.3 is 9.47 Å². The number of carbonyl (C=O) groups is 1. The maximum absolute atomic E-state index is 13.2. The Bertz CT molecular complexity index is 1620. The van der Waals surface area contributed by atoms with Gasteiger partial charge in [-0.25, -0.2) is 13.2 Å². The van der Waals surface area contributed by atoms with E-state index in [1.54, 1.807) is 24.3 Å². The van der Waals surface area contributed by atoms with Crippen molar-refractivity contribution in [2.45, 2.75) is 16.4 Å². The smallest absolute Gasteiger partial charge is 0.339 e. The third-order valence-corrected chi connectivity index (χ3v) is 7.18. The number of benzene rings is 4. The van der Waals surface area contributed by atoms with E-state index in [9.17, 15) is 33.4 Å². The average molecular weight is 535 g/mol. The lowest BCUT2D eigenvalue weighted by Gasteiger charge is -2.11. The maximum atomic E-state index is 13.2. The molecule has 38 heavy (non-hydrogen) atoms. The summed E-state index contributed by atoms with van der Waals surface area (Å²) in [4.78, 5) is 32.7. The van der Waals surface area contributed by atoms with Gasteiger partial charge in [0, 0.05) is 18.2 Å². The molecule has 0 aliphatic rings. The van der Waals surface area contributed by atoms with Gasteiger partial charge in [-0.05, 0) is 48.0 Å². The van der Waals surface area contributed by atoms with Crippen molar-refractivity contribution in [2.75, 3.05) is 0 Å². The van der Waals surface area contributed by atoms with Crippen LogP contribution in [0.25, 0.3) is 0 Å². The highest BCUT2D eigenvalue weighted by Gasteiger charge is 2.31. The Morgan fingerprint density at radius 2 is 1.26 bits per heavy atom. The molecule has 4 aromatic carbocycles. The summed E-state index contributed by atoms with van der Waals surface area (Å²) in [6.45, 7) is -0.184. The van der Waals surface area contributed by atoms with Gasteiger partial charge in [-0.15, -0.1) is 0 Å². The highest BCUT2D eigenvalue weighted by molar-refractivity contribution is 7.91. The molecule has 0 aliphatic heterocycles. The Morgan fingerprint density at radius 3 is 1.87 bits per heavy atom. The van der Waals surface area contributed by atoms with Crippen LogP contribution in [0.15, 0.2) is 107 Å². The first-order valence-electron chi connectivity index (χ1n) is 10.9. The monoisotopic (exact) mass is 534 g/mol. The van der Waals surface area contributed by atoms with Gasteiger partial charge in [0.1, 0.15) is 23.0 Å². The summed E-state index contributed by atoms with van der Waals surface area (Å²) in [6.07, 6.45) is 0. The molecule has 0 aromatic heterocycles. The molecule has 11 nitrogen and oxygen atoms in total. The summed E-state index contributed by atoms with van der Waals surface area (Å²) in [6, 6.07) is 22.2. The zero-order valence-corrected chi connectivity index (χ0v) is 20.2. The topological polar surface area (TPSA) is 156 Å². The zero-order chi connectivity index (χ0) is 27.3. The number of hydrogen-bond acceptors (Lipinski definition) is 9. The van der Waals surface area contributed by atoms with Crippen molar-refractivity contribution in [3.63, 3.8) is 0 Å². The minimum absolute atomic E-state index is 0.0640. The van der Waals surface area contributed by atoms with Crippen LogP contribution in [-0.4, -0.2) is 24.2 Å². The molecule has 0 heterocycles.